The minimum absolute atomic E-state index is 0.190. The van der Waals surface area contributed by atoms with E-state index >= 15 is 0 Å². The monoisotopic (exact) mass is 210 g/mol. The van der Waals surface area contributed by atoms with Crippen LogP contribution in [0.5, 0.6) is 0 Å². The van der Waals surface area contributed by atoms with E-state index in [9.17, 15) is 9.59 Å². The molecular formula is C9H6O6. The van der Waals surface area contributed by atoms with Gasteiger partial charge in [-0.1, -0.05) is 12.1 Å². The van der Waals surface area contributed by atoms with Crippen LogP contribution in [0.15, 0.2) is 24.3 Å². The van der Waals surface area contributed by atoms with E-state index in [-0.39, 0.29) is 17.3 Å². The highest BCUT2D eigenvalue weighted by Gasteiger charge is 2.13. The van der Waals surface area contributed by atoms with Gasteiger partial charge in [0.15, 0.2) is 0 Å². The number of hydrogen-bond acceptors (Lipinski definition) is 4. The minimum Gasteiger partial charge on any atom is -0.478 e. The molecule has 6 heteroatoms. The molecule has 0 fully saturated rings. The van der Waals surface area contributed by atoms with Crippen LogP contribution in [0.1, 0.15) is 20.7 Å². The number of carbonyl (C=O) groups is 2. The normalized spacial score (nSPS) is 8.00. The third kappa shape index (κ3) is 3.84. The molecule has 0 spiro atoms. The second kappa shape index (κ2) is 6.06. The van der Waals surface area contributed by atoms with Crippen molar-refractivity contribution >= 4 is 18.1 Å². The Labute approximate surface area is 83.8 Å². The van der Waals surface area contributed by atoms with E-state index in [0.717, 1.165) is 0 Å². The van der Waals surface area contributed by atoms with Crippen LogP contribution in [0.2, 0.25) is 0 Å². The molecule has 1 aromatic rings. The summed E-state index contributed by atoms with van der Waals surface area (Å²) >= 11 is 0. The number of hydrogen-bond donors (Lipinski definition) is 2. The van der Waals surface area contributed by atoms with Gasteiger partial charge in [0.25, 0.3) is 0 Å². The molecule has 15 heavy (non-hydrogen) atoms. The summed E-state index contributed by atoms with van der Waals surface area (Å²) in [6, 6.07) is 5.48. The maximum atomic E-state index is 10.5. The lowest BCUT2D eigenvalue weighted by atomic mass is 10.1. The SMILES string of the molecule is O=C(O)c1ccccc1C(=O)O.O=C=O. The van der Waals surface area contributed by atoms with Crippen LogP contribution in [0, 0.1) is 0 Å². The first-order valence-corrected chi connectivity index (χ1v) is 3.59. The molecule has 0 radical (unpaired) electrons. The number of carboxylic acids is 2. The van der Waals surface area contributed by atoms with E-state index in [4.69, 9.17) is 19.8 Å². The Balaban J connectivity index is 0.000000583. The molecule has 0 atom stereocenters. The number of aromatic carboxylic acids is 2. The van der Waals surface area contributed by atoms with Crippen molar-refractivity contribution in [1.29, 1.82) is 0 Å². The van der Waals surface area contributed by atoms with E-state index in [2.05, 4.69) is 0 Å². The lowest BCUT2D eigenvalue weighted by molar-refractivity contribution is -0.191. The highest BCUT2D eigenvalue weighted by Crippen LogP contribution is 2.07. The van der Waals surface area contributed by atoms with Gasteiger partial charge in [0.2, 0.25) is 0 Å². The Morgan fingerprint density at radius 2 is 1.20 bits per heavy atom. The predicted octanol–water partition coefficient (Wildman–Crippen LogP) is 0.499. The number of carbonyl (C=O) groups excluding carboxylic acids is 2. The maximum Gasteiger partial charge on any atom is 0.373 e. The van der Waals surface area contributed by atoms with Crippen molar-refractivity contribution in [3.63, 3.8) is 0 Å². The summed E-state index contributed by atoms with van der Waals surface area (Å²) in [5.74, 6) is -2.46. The van der Waals surface area contributed by atoms with Crippen LogP contribution in [0.4, 0.5) is 0 Å². The first-order chi connectivity index (χ1) is 7.04. The minimum atomic E-state index is -1.23. The molecule has 2 N–H and O–H groups in total. The summed E-state index contributed by atoms with van der Waals surface area (Å²) < 4.78 is 0. The Kier molecular flexibility index (Phi) is 5.07. The summed E-state index contributed by atoms with van der Waals surface area (Å²) in [5.41, 5.74) is -0.380. The zero-order chi connectivity index (χ0) is 11.8. The van der Waals surface area contributed by atoms with Gasteiger partial charge in [-0.25, -0.2) is 9.59 Å². The van der Waals surface area contributed by atoms with Crippen molar-refractivity contribution in [2.45, 2.75) is 0 Å². The summed E-state index contributed by atoms with van der Waals surface area (Å²) in [4.78, 5) is 37.2. The van der Waals surface area contributed by atoms with Gasteiger partial charge < -0.3 is 10.2 Å². The van der Waals surface area contributed by atoms with E-state index in [0.29, 0.717) is 0 Å². The largest absolute Gasteiger partial charge is 0.478 e. The molecule has 0 aliphatic carbocycles. The van der Waals surface area contributed by atoms with Gasteiger partial charge in [-0.15, -0.1) is 0 Å². The van der Waals surface area contributed by atoms with Crippen molar-refractivity contribution in [2.75, 3.05) is 0 Å². The van der Waals surface area contributed by atoms with Gasteiger partial charge in [-0.3, -0.25) is 0 Å². The number of rotatable bonds is 2. The molecule has 0 amide bonds. The van der Waals surface area contributed by atoms with Crippen LogP contribution in [0.25, 0.3) is 0 Å². The number of carboxylic acid groups (broad SMARTS) is 2. The fourth-order valence-corrected chi connectivity index (χ4v) is 0.856. The molecule has 0 saturated carbocycles. The van der Waals surface area contributed by atoms with Gasteiger partial charge in [0.1, 0.15) is 0 Å². The highest BCUT2D eigenvalue weighted by atomic mass is 16.4. The van der Waals surface area contributed by atoms with Crippen molar-refractivity contribution in [2.24, 2.45) is 0 Å². The predicted molar refractivity (Wildman–Crippen MR) is 45.4 cm³/mol. The molecule has 0 bridgehead atoms. The van der Waals surface area contributed by atoms with Gasteiger partial charge in [-0.2, -0.15) is 9.59 Å². The molecule has 0 aliphatic rings. The Morgan fingerprint density at radius 3 is 1.40 bits per heavy atom. The second-order valence-electron chi connectivity index (χ2n) is 2.24. The van der Waals surface area contributed by atoms with Gasteiger partial charge in [-0.05, 0) is 12.1 Å². The average Bonchev–Trinajstić information content (AvgIpc) is 2.19. The van der Waals surface area contributed by atoms with Gasteiger partial charge in [0, 0.05) is 0 Å². The maximum absolute atomic E-state index is 10.5. The lowest BCUT2D eigenvalue weighted by Gasteiger charge is -1.98. The molecular weight excluding hydrogens is 204 g/mol. The molecule has 6 nitrogen and oxygen atoms in total. The molecule has 0 unspecified atom stereocenters. The Morgan fingerprint density at radius 1 is 0.933 bits per heavy atom. The van der Waals surface area contributed by atoms with Crippen LogP contribution >= 0.6 is 0 Å². The van der Waals surface area contributed by atoms with Crippen molar-refractivity contribution in [3.05, 3.63) is 35.4 Å². The summed E-state index contributed by atoms with van der Waals surface area (Å²) in [7, 11) is 0. The van der Waals surface area contributed by atoms with Crippen molar-refractivity contribution < 1.29 is 29.4 Å². The first-order valence-electron chi connectivity index (χ1n) is 3.59. The quantitative estimate of drug-likeness (QED) is 0.735. The fourth-order valence-electron chi connectivity index (χ4n) is 0.856. The van der Waals surface area contributed by atoms with Gasteiger partial charge >= 0.3 is 18.1 Å². The highest BCUT2D eigenvalue weighted by molar-refractivity contribution is 6.01. The van der Waals surface area contributed by atoms with Crippen LogP contribution < -0.4 is 0 Å². The van der Waals surface area contributed by atoms with Crippen LogP contribution in [0.3, 0.4) is 0 Å². The van der Waals surface area contributed by atoms with Crippen LogP contribution in [-0.4, -0.2) is 28.3 Å². The lowest BCUT2D eigenvalue weighted by Crippen LogP contribution is -2.06. The Hall–Kier alpha value is -2.46. The van der Waals surface area contributed by atoms with E-state index in [1.54, 1.807) is 0 Å². The number of benzene rings is 1. The third-order valence-corrected chi connectivity index (χ3v) is 1.39. The molecule has 0 aromatic heterocycles. The van der Waals surface area contributed by atoms with Gasteiger partial charge in [0.05, 0.1) is 11.1 Å². The van der Waals surface area contributed by atoms with E-state index in [1.165, 1.54) is 24.3 Å². The molecule has 78 valence electrons. The first kappa shape index (κ1) is 12.5. The zero-order valence-corrected chi connectivity index (χ0v) is 7.34. The Bertz CT molecular complexity index is 370. The zero-order valence-electron chi connectivity index (χ0n) is 7.34. The fraction of sp³-hybridized carbons (Fsp3) is 0. The van der Waals surface area contributed by atoms with Crippen molar-refractivity contribution in [1.82, 2.24) is 0 Å². The van der Waals surface area contributed by atoms with Crippen molar-refractivity contribution in [3.8, 4) is 0 Å². The smallest absolute Gasteiger partial charge is 0.373 e. The topological polar surface area (TPSA) is 109 Å². The van der Waals surface area contributed by atoms with Crippen LogP contribution in [-0.2, 0) is 9.59 Å². The van der Waals surface area contributed by atoms with E-state index < -0.39 is 11.9 Å². The average molecular weight is 210 g/mol. The molecule has 0 saturated heterocycles. The standard InChI is InChI=1S/C8H6O4.CO2/c9-7(10)5-3-1-2-4-6(5)8(11)12;2-1-3/h1-4H,(H,9,10)(H,11,12);. The summed E-state index contributed by atoms with van der Waals surface area (Å²) in [6.45, 7) is 0. The molecule has 0 heterocycles. The summed E-state index contributed by atoms with van der Waals surface area (Å²) in [6.07, 6.45) is 0.250. The molecule has 1 rings (SSSR count). The molecule has 0 aliphatic heterocycles. The van der Waals surface area contributed by atoms with E-state index in [1.807, 2.05) is 0 Å². The summed E-state index contributed by atoms with van der Waals surface area (Å²) in [5, 5.41) is 17.1. The second-order valence-corrected chi connectivity index (χ2v) is 2.24. The molecule has 1 aromatic carbocycles. The third-order valence-electron chi connectivity index (χ3n) is 1.39.